The average molecular weight is 376 g/mol. The van der Waals surface area contributed by atoms with Crippen LogP contribution < -0.4 is 5.43 Å². The van der Waals surface area contributed by atoms with Crippen LogP contribution in [0.3, 0.4) is 0 Å². The van der Waals surface area contributed by atoms with Crippen molar-refractivity contribution < 1.29 is 4.79 Å². The molecule has 0 radical (unpaired) electrons. The lowest BCUT2D eigenvalue weighted by Gasteiger charge is -2.34. The SMILES string of the molecule is Cc1cccc(CN2CCN(C(=O)c3nn(C)c4ccccc4c3=O)CC2)c1. The average Bonchev–Trinajstić information content (AvgIpc) is 2.71. The highest BCUT2D eigenvalue weighted by Gasteiger charge is 2.26. The molecular formula is C22H24N4O2. The number of amides is 1. The van der Waals surface area contributed by atoms with Gasteiger partial charge in [0.05, 0.1) is 5.52 Å². The topological polar surface area (TPSA) is 58.4 Å². The first-order chi connectivity index (χ1) is 13.5. The highest BCUT2D eigenvalue weighted by Crippen LogP contribution is 2.13. The Morgan fingerprint density at radius 3 is 2.54 bits per heavy atom. The predicted octanol–water partition coefficient (Wildman–Crippen LogP) is 2.20. The van der Waals surface area contributed by atoms with E-state index in [4.69, 9.17) is 0 Å². The van der Waals surface area contributed by atoms with Gasteiger partial charge in [-0.2, -0.15) is 5.10 Å². The van der Waals surface area contributed by atoms with E-state index in [1.165, 1.54) is 11.1 Å². The summed E-state index contributed by atoms with van der Waals surface area (Å²) in [6.45, 7) is 5.74. The van der Waals surface area contributed by atoms with E-state index in [0.717, 1.165) is 25.2 Å². The quantitative estimate of drug-likeness (QED) is 0.703. The fourth-order valence-electron chi connectivity index (χ4n) is 3.79. The van der Waals surface area contributed by atoms with Gasteiger partial charge >= 0.3 is 0 Å². The Labute approximate surface area is 164 Å². The first-order valence-electron chi connectivity index (χ1n) is 9.56. The standard InChI is InChI=1S/C22H24N4O2/c1-16-6-5-7-17(14-16)15-25-10-12-26(13-11-25)22(28)20-21(27)18-8-3-4-9-19(18)24(2)23-20/h3-9,14H,10-13,15H2,1-2H3. The molecule has 0 bridgehead atoms. The zero-order valence-corrected chi connectivity index (χ0v) is 16.3. The van der Waals surface area contributed by atoms with Crippen molar-refractivity contribution in [3.05, 3.63) is 75.6 Å². The molecule has 3 aromatic rings. The maximum absolute atomic E-state index is 13.0. The number of para-hydroxylation sites is 1. The molecule has 0 N–H and O–H groups in total. The van der Waals surface area contributed by atoms with E-state index in [2.05, 4.69) is 41.2 Å². The Bertz CT molecular complexity index is 1080. The van der Waals surface area contributed by atoms with Crippen molar-refractivity contribution in [2.24, 2.45) is 7.05 Å². The van der Waals surface area contributed by atoms with Crippen LogP contribution in [0.2, 0.25) is 0 Å². The predicted molar refractivity (Wildman–Crippen MR) is 109 cm³/mol. The van der Waals surface area contributed by atoms with Crippen molar-refractivity contribution >= 4 is 16.8 Å². The number of rotatable bonds is 3. The van der Waals surface area contributed by atoms with Crippen molar-refractivity contribution in [1.82, 2.24) is 19.6 Å². The second kappa shape index (κ2) is 7.56. The highest BCUT2D eigenvalue weighted by molar-refractivity contribution is 5.95. The molecule has 0 unspecified atom stereocenters. The number of carbonyl (C=O) groups excluding carboxylic acids is 1. The fourth-order valence-corrected chi connectivity index (χ4v) is 3.79. The highest BCUT2D eigenvalue weighted by atomic mass is 16.2. The van der Waals surface area contributed by atoms with Crippen LogP contribution in [0.5, 0.6) is 0 Å². The first-order valence-corrected chi connectivity index (χ1v) is 9.56. The van der Waals surface area contributed by atoms with Gasteiger partial charge in [0.15, 0.2) is 5.69 Å². The van der Waals surface area contributed by atoms with Gasteiger partial charge < -0.3 is 4.90 Å². The van der Waals surface area contributed by atoms with E-state index in [1.54, 1.807) is 22.7 Å². The summed E-state index contributed by atoms with van der Waals surface area (Å²) in [7, 11) is 1.76. The number of fused-ring (bicyclic) bond motifs is 1. The molecule has 1 saturated heterocycles. The summed E-state index contributed by atoms with van der Waals surface area (Å²) in [5.41, 5.74) is 2.98. The first kappa shape index (κ1) is 18.4. The van der Waals surface area contributed by atoms with Crippen LogP contribution in [-0.4, -0.2) is 51.7 Å². The van der Waals surface area contributed by atoms with Crippen LogP contribution >= 0.6 is 0 Å². The Morgan fingerprint density at radius 1 is 1.04 bits per heavy atom. The van der Waals surface area contributed by atoms with Gasteiger partial charge in [0, 0.05) is 45.2 Å². The van der Waals surface area contributed by atoms with E-state index in [0.29, 0.717) is 18.5 Å². The molecule has 1 aliphatic rings. The Balaban J connectivity index is 1.48. The molecule has 0 saturated carbocycles. The lowest BCUT2D eigenvalue weighted by molar-refractivity contribution is 0.0619. The molecule has 1 aromatic heterocycles. The third-order valence-corrected chi connectivity index (χ3v) is 5.31. The second-order valence-corrected chi connectivity index (χ2v) is 7.38. The minimum Gasteiger partial charge on any atom is -0.335 e. The number of hydrogen-bond donors (Lipinski definition) is 0. The lowest BCUT2D eigenvalue weighted by Crippen LogP contribution is -2.49. The van der Waals surface area contributed by atoms with E-state index in [1.807, 2.05) is 18.2 Å². The molecular weight excluding hydrogens is 352 g/mol. The number of aromatic nitrogens is 2. The van der Waals surface area contributed by atoms with Gasteiger partial charge in [-0.1, -0.05) is 42.0 Å². The van der Waals surface area contributed by atoms with Gasteiger partial charge in [0.1, 0.15) is 0 Å². The van der Waals surface area contributed by atoms with Gasteiger partial charge in [0.25, 0.3) is 5.91 Å². The van der Waals surface area contributed by atoms with Gasteiger partial charge in [-0.05, 0) is 24.6 Å². The van der Waals surface area contributed by atoms with E-state index >= 15 is 0 Å². The normalized spacial score (nSPS) is 15.1. The summed E-state index contributed by atoms with van der Waals surface area (Å²) in [4.78, 5) is 29.8. The fraction of sp³-hybridized carbons (Fsp3) is 0.318. The zero-order valence-electron chi connectivity index (χ0n) is 16.3. The summed E-state index contributed by atoms with van der Waals surface area (Å²) in [6, 6.07) is 15.7. The number of hydrogen-bond acceptors (Lipinski definition) is 4. The van der Waals surface area contributed by atoms with Crippen molar-refractivity contribution in [2.75, 3.05) is 26.2 Å². The van der Waals surface area contributed by atoms with Crippen LogP contribution in [-0.2, 0) is 13.6 Å². The van der Waals surface area contributed by atoms with Crippen LogP contribution in [0.25, 0.3) is 10.9 Å². The van der Waals surface area contributed by atoms with Gasteiger partial charge in [0.2, 0.25) is 5.43 Å². The molecule has 0 aliphatic carbocycles. The summed E-state index contributed by atoms with van der Waals surface area (Å²) >= 11 is 0. The minimum atomic E-state index is -0.291. The van der Waals surface area contributed by atoms with Crippen molar-refractivity contribution in [2.45, 2.75) is 13.5 Å². The smallest absolute Gasteiger partial charge is 0.278 e. The van der Waals surface area contributed by atoms with Crippen LogP contribution in [0.4, 0.5) is 0 Å². The number of carbonyl (C=O) groups is 1. The monoisotopic (exact) mass is 376 g/mol. The second-order valence-electron chi connectivity index (χ2n) is 7.38. The summed E-state index contributed by atoms with van der Waals surface area (Å²) in [5, 5.41) is 4.80. The lowest BCUT2D eigenvalue weighted by atomic mass is 10.1. The molecule has 1 amide bonds. The Kier molecular flexibility index (Phi) is 4.96. The van der Waals surface area contributed by atoms with Crippen LogP contribution in [0.1, 0.15) is 21.6 Å². The van der Waals surface area contributed by atoms with Crippen LogP contribution in [0.15, 0.2) is 53.3 Å². The molecule has 4 rings (SSSR count). The number of benzene rings is 2. The van der Waals surface area contributed by atoms with Crippen LogP contribution in [0, 0.1) is 6.92 Å². The van der Waals surface area contributed by atoms with Crippen molar-refractivity contribution in [3.63, 3.8) is 0 Å². The van der Waals surface area contributed by atoms with E-state index in [-0.39, 0.29) is 17.0 Å². The van der Waals surface area contributed by atoms with Gasteiger partial charge in [-0.25, -0.2) is 0 Å². The molecule has 1 aliphatic heterocycles. The molecule has 0 spiro atoms. The number of nitrogens with zero attached hydrogens (tertiary/aromatic N) is 4. The number of piperazine rings is 1. The molecule has 6 heteroatoms. The molecule has 2 heterocycles. The molecule has 1 fully saturated rings. The Hall–Kier alpha value is -2.99. The summed E-state index contributed by atoms with van der Waals surface area (Å²) < 4.78 is 1.61. The molecule has 2 aromatic carbocycles. The number of aryl methyl sites for hydroxylation is 2. The third-order valence-electron chi connectivity index (χ3n) is 5.31. The third kappa shape index (κ3) is 3.55. The molecule has 6 nitrogen and oxygen atoms in total. The maximum atomic E-state index is 13.0. The molecule has 0 atom stereocenters. The molecule has 28 heavy (non-hydrogen) atoms. The van der Waals surface area contributed by atoms with Crippen molar-refractivity contribution in [3.8, 4) is 0 Å². The zero-order chi connectivity index (χ0) is 19.7. The molecule has 144 valence electrons. The van der Waals surface area contributed by atoms with Gasteiger partial charge in [-0.3, -0.25) is 19.2 Å². The van der Waals surface area contributed by atoms with E-state index in [9.17, 15) is 9.59 Å². The van der Waals surface area contributed by atoms with Gasteiger partial charge in [-0.15, -0.1) is 0 Å². The Morgan fingerprint density at radius 2 is 1.79 bits per heavy atom. The summed E-state index contributed by atoms with van der Waals surface area (Å²) in [6.07, 6.45) is 0. The van der Waals surface area contributed by atoms with E-state index < -0.39 is 0 Å². The summed E-state index contributed by atoms with van der Waals surface area (Å²) in [5.74, 6) is -0.276. The largest absolute Gasteiger partial charge is 0.335 e. The maximum Gasteiger partial charge on any atom is 0.278 e. The minimum absolute atomic E-state index is 0.00772. The van der Waals surface area contributed by atoms with Crippen molar-refractivity contribution in [1.29, 1.82) is 0 Å².